The summed E-state index contributed by atoms with van der Waals surface area (Å²) in [5, 5.41) is 12.6. The Morgan fingerprint density at radius 3 is 2.68 bits per heavy atom. The lowest BCUT2D eigenvalue weighted by molar-refractivity contribution is -0.0414. The van der Waals surface area contributed by atoms with Crippen molar-refractivity contribution >= 4 is 6.09 Å². The number of carbonyl (C=O) groups is 1. The number of alkyl carbamates (subject to hydrolysis) is 1. The molecule has 0 radical (unpaired) electrons. The highest BCUT2D eigenvalue weighted by molar-refractivity contribution is 5.67. The van der Waals surface area contributed by atoms with Gasteiger partial charge in [0.05, 0.1) is 5.60 Å². The van der Waals surface area contributed by atoms with Crippen molar-refractivity contribution in [2.24, 2.45) is 0 Å². The third-order valence-corrected chi connectivity index (χ3v) is 3.59. The second-order valence-corrected chi connectivity index (χ2v) is 5.17. The van der Waals surface area contributed by atoms with E-state index in [0.717, 1.165) is 37.7 Å². The van der Waals surface area contributed by atoms with Gasteiger partial charge in [0.2, 0.25) is 0 Å². The summed E-state index contributed by atoms with van der Waals surface area (Å²) in [6, 6.07) is 9.58. The van der Waals surface area contributed by atoms with Crippen LogP contribution in [0.25, 0.3) is 0 Å². The molecule has 0 aromatic heterocycles. The Morgan fingerprint density at radius 1 is 1.32 bits per heavy atom. The molecule has 0 bridgehead atoms. The molecule has 1 amide bonds. The summed E-state index contributed by atoms with van der Waals surface area (Å²) in [6.45, 7) is 0.840. The maximum absolute atomic E-state index is 11.4. The van der Waals surface area contributed by atoms with E-state index in [-0.39, 0.29) is 6.61 Å². The molecule has 0 heterocycles. The van der Waals surface area contributed by atoms with E-state index in [2.05, 4.69) is 5.32 Å². The van der Waals surface area contributed by atoms with E-state index in [1.54, 1.807) is 0 Å². The summed E-state index contributed by atoms with van der Waals surface area (Å²) in [6.07, 6.45) is 4.05. The first-order valence-corrected chi connectivity index (χ1v) is 6.85. The average Bonchev–Trinajstić information content (AvgIpc) is 2.40. The van der Waals surface area contributed by atoms with Crippen molar-refractivity contribution in [1.82, 2.24) is 5.32 Å². The summed E-state index contributed by atoms with van der Waals surface area (Å²) in [5.74, 6) is 0. The fraction of sp³-hybridized carbons (Fsp3) is 0.533. The van der Waals surface area contributed by atoms with Gasteiger partial charge in [0.15, 0.2) is 0 Å². The first-order chi connectivity index (χ1) is 9.18. The van der Waals surface area contributed by atoms with Gasteiger partial charge >= 0.3 is 6.09 Å². The van der Waals surface area contributed by atoms with Crippen LogP contribution in [0.1, 0.15) is 37.7 Å². The fourth-order valence-electron chi connectivity index (χ4n) is 2.22. The van der Waals surface area contributed by atoms with Gasteiger partial charge in [-0.15, -0.1) is 0 Å². The van der Waals surface area contributed by atoms with Crippen molar-refractivity contribution in [3.63, 3.8) is 0 Å². The molecule has 2 N–H and O–H groups in total. The molecule has 1 aromatic rings. The minimum Gasteiger partial charge on any atom is -0.445 e. The van der Waals surface area contributed by atoms with E-state index in [0.29, 0.717) is 6.54 Å². The van der Waals surface area contributed by atoms with Crippen LogP contribution in [0.3, 0.4) is 0 Å². The van der Waals surface area contributed by atoms with Gasteiger partial charge in [-0.25, -0.2) is 4.79 Å². The van der Waals surface area contributed by atoms with Gasteiger partial charge in [0, 0.05) is 6.54 Å². The van der Waals surface area contributed by atoms with E-state index in [1.165, 1.54) is 0 Å². The SMILES string of the molecule is O=C(NCCCC1(O)CCC1)OCc1ccccc1. The lowest BCUT2D eigenvalue weighted by Gasteiger charge is -2.36. The van der Waals surface area contributed by atoms with Crippen LogP contribution >= 0.6 is 0 Å². The number of hydrogen-bond donors (Lipinski definition) is 2. The van der Waals surface area contributed by atoms with E-state index in [1.807, 2.05) is 30.3 Å². The molecule has 19 heavy (non-hydrogen) atoms. The highest BCUT2D eigenvalue weighted by atomic mass is 16.5. The van der Waals surface area contributed by atoms with Crippen molar-refractivity contribution in [2.75, 3.05) is 6.54 Å². The number of rotatable bonds is 6. The smallest absolute Gasteiger partial charge is 0.407 e. The van der Waals surface area contributed by atoms with Crippen molar-refractivity contribution in [1.29, 1.82) is 0 Å². The number of aliphatic hydroxyl groups is 1. The van der Waals surface area contributed by atoms with Gasteiger partial charge in [-0.3, -0.25) is 0 Å². The Hall–Kier alpha value is -1.55. The summed E-state index contributed by atoms with van der Waals surface area (Å²) in [4.78, 5) is 11.4. The van der Waals surface area contributed by atoms with Crippen LogP contribution < -0.4 is 5.32 Å². The second kappa shape index (κ2) is 6.57. The predicted molar refractivity (Wildman–Crippen MR) is 72.7 cm³/mol. The number of nitrogens with one attached hydrogen (secondary N) is 1. The maximum atomic E-state index is 11.4. The molecule has 1 aliphatic rings. The van der Waals surface area contributed by atoms with Crippen LogP contribution in [-0.2, 0) is 11.3 Å². The van der Waals surface area contributed by atoms with Gasteiger partial charge in [-0.1, -0.05) is 30.3 Å². The normalized spacial score (nSPS) is 16.5. The van der Waals surface area contributed by atoms with E-state index in [9.17, 15) is 9.90 Å². The number of amides is 1. The van der Waals surface area contributed by atoms with E-state index in [4.69, 9.17) is 4.74 Å². The van der Waals surface area contributed by atoms with Gasteiger partial charge in [0.1, 0.15) is 6.61 Å². The maximum Gasteiger partial charge on any atom is 0.407 e. The third-order valence-electron chi connectivity index (χ3n) is 3.59. The van der Waals surface area contributed by atoms with Crippen LogP contribution in [0.15, 0.2) is 30.3 Å². The molecule has 0 spiro atoms. The minimum atomic E-state index is -0.463. The van der Waals surface area contributed by atoms with E-state index < -0.39 is 11.7 Å². The predicted octanol–water partition coefficient (Wildman–Crippen LogP) is 2.61. The van der Waals surface area contributed by atoms with Gasteiger partial charge in [0.25, 0.3) is 0 Å². The van der Waals surface area contributed by atoms with Crippen LogP contribution in [0, 0.1) is 0 Å². The first-order valence-electron chi connectivity index (χ1n) is 6.85. The van der Waals surface area contributed by atoms with Crippen molar-refractivity contribution in [2.45, 2.75) is 44.3 Å². The van der Waals surface area contributed by atoms with E-state index >= 15 is 0 Å². The summed E-state index contributed by atoms with van der Waals surface area (Å²) < 4.78 is 5.09. The van der Waals surface area contributed by atoms with Crippen LogP contribution in [0.4, 0.5) is 4.79 Å². The molecule has 0 saturated heterocycles. The van der Waals surface area contributed by atoms with Crippen molar-refractivity contribution < 1.29 is 14.6 Å². The Morgan fingerprint density at radius 2 is 2.05 bits per heavy atom. The minimum absolute atomic E-state index is 0.288. The Bertz CT molecular complexity index is 401. The standard InChI is InChI=1S/C15H21NO3/c17-14(19-12-13-6-2-1-3-7-13)16-11-5-10-15(18)8-4-9-15/h1-3,6-7,18H,4-5,8-12H2,(H,16,17). The molecule has 1 fully saturated rings. The highest BCUT2D eigenvalue weighted by Gasteiger charge is 2.33. The molecule has 1 aliphatic carbocycles. The monoisotopic (exact) mass is 263 g/mol. The highest BCUT2D eigenvalue weighted by Crippen LogP contribution is 2.35. The molecule has 1 aromatic carbocycles. The zero-order valence-electron chi connectivity index (χ0n) is 11.1. The molecule has 1 saturated carbocycles. The number of benzene rings is 1. The Balaban J connectivity index is 1.55. The molecular formula is C15H21NO3. The molecule has 0 unspecified atom stereocenters. The molecule has 2 rings (SSSR count). The summed E-state index contributed by atoms with van der Waals surface area (Å²) >= 11 is 0. The fourth-order valence-corrected chi connectivity index (χ4v) is 2.22. The lowest BCUT2D eigenvalue weighted by atomic mass is 9.77. The zero-order chi connectivity index (χ0) is 13.6. The molecule has 4 nitrogen and oxygen atoms in total. The summed E-state index contributed by atoms with van der Waals surface area (Å²) in [7, 11) is 0. The molecule has 0 atom stereocenters. The van der Waals surface area contributed by atoms with Crippen LogP contribution in [-0.4, -0.2) is 23.3 Å². The Kier molecular flexibility index (Phi) is 4.80. The van der Waals surface area contributed by atoms with Crippen molar-refractivity contribution in [3.05, 3.63) is 35.9 Å². The topological polar surface area (TPSA) is 58.6 Å². The summed E-state index contributed by atoms with van der Waals surface area (Å²) in [5.41, 5.74) is 0.511. The second-order valence-electron chi connectivity index (χ2n) is 5.17. The van der Waals surface area contributed by atoms with Crippen LogP contribution in [0.2, 0.25) is 0 Å². The largest absolute Gasteiger partial charge is 0.445 e. The zero-order valence-corrected chi connectivity index (χ0v) is 11.1. The number of carbonyl (C=O) groups excluding carboxylic acids is 1. The van der Waals surface area contributed by atoms with Gasteiger partial charge in [-0.05, 0) is 37.7 Å². The van der Waals surface area contributed by atoms with Crippen molar-refractivity contribution in [3.8, 4) is 0 Å². The first kappa shape index (κ1) is 13.9. The molecule has 4 heteroatoms. The average molecular weight is 263 g/mol. The lowest BCUT2D eigenvalue weighted by Crippen LogP contribution is -2.37. The number of ether oxygens (including phenoxy) is 1. The van der Waals surface area contributed by atoms with Gasteiger partial charge < -0.3 is 15.2 Å². The molecular weight excluding hydrogens is 242 g/mol. The van der Waals surface area contributed by atoms with Gasteiger partial charge in [-0.2, -0.15) is 0 Å². The van der Waals surface area contributed by atoms with Crippen LogP contribution in [0.5, 0.6) is 0 Å². The number of hydrogen-bond acceptors (Lipinski definition) is 3. The third kappa shape index (κ3) is 4.56. The molecule has 0 aliphatic heterocycles. The molecule has 104 valence electrons. The Labute approximate surface area is 113 Å². The quantitative estimate of drug-likeness (QED) is 0.776.